The van der Waals surface area contributed by atoms with Crippen molar-refractivity contribution in [2.24, 2.45) is 0 Å². The fourth-order valence-electron chi connectivity index (χ4n) is 2.80. The van der Waals surface area contributed by atoms with Crippen molar-refractivity contribution < 1.29 is 24.3 Å². The lowest BCUT2D eigenvalue weighted by Gasteiger charge is -2.11. The molecule has 1 aliphatic heterocycles. The number of carboxylic acid groups (broad SMARTS) is 1. The molecular formula is C19H15N2O5-. The van der Waals surface area contributed by atoms with Crippen LogP contribution in [-0.4, -0.2) is 35.1 Å². The molecule has 0 saturated carbocycles. The van der Waals surface area contributed by atoms with E-state index >= 15 is 0 Å². The van der Waals surface area contributed by atoms with Gasteiger partial charge in [-0.25, -0.2) is 0 Å². The second-order valence-corrected chi connectivity index (χ2v) is 5.89. The number of carbonyl (C=O) groups excluding carboxylic acids is 4. The van der Waals surface area contributed by atoms with Crippen LogP contribution >= 0.6 is 0 Å². The Kier molecular flexibility index (Phi) is 4.29. The van der Waals surface area contributed by atoms with Crippen molar-refractivity contribution in [3.8, 4) is 0 Å². The van der Waals surface area contributed by atoms with Crippen molar-refractivity contribution in [2.75, 3.05) is 11.9 Å². The summed E-state index contributed by atoms with van der Waals surface area (Å²) in [4.78, 5) is 48.9. The summed E-state index contributed by atoms with van der Waals surface area (Å²) in [6.45, 7) is 3.67. The van der Waals surface area contributed by atoms with Crippen LogP contribution in [-0.2, 0) is 0 Å². The van der Waals surface area contributed by atoms with E-state index in [1.165, 1.54) is 30.3 Å². The van der Waals surface area contributed by atoms with Gasteiger partial charge in [0.05, 0.1) is 17.1 Å². The summed E-state index contributed by atoms with van der Waals surface area (Å²) in [5.74, 6) is -2.67. The molecule has 0 saturated heterocycles. The van der Waals surface area contributed by atoms with E-state index in [1.807, 2.05) is 0 Å². The monoisotopic (exact) mass is 351 g/mol. The van der Waals surface area contributed by atoms with Gasteiger partial charge in [0.1, 0.15) is 0 Å². The second kappa shape index (κ2) is 6.44. The van der Waals surface area contributed by atoms with Gasteiger partial charge in [-0.3, -0.25) is 19.3 Å². The minimum absolute atomic E-state index is 0.0563. The second-order valence-electron chi connectivity index (χ2n) is 5.89. The van der Waals surface area contributed by atoms with Crippen molar-refractivity contribution >= 4 is 29.4 Å². The molecule has 7 nitrogen and oxygen atoms in total. The highest BCUT2D eigenvalue weighted by atomic mass is 16.4. The summed E-state index contributed by atoms with van der Waals surface area (Å²) in [5.41, 5.74) is 1.59. The largest absolute Gasteiger partial charge is 0.545 e. The van der Waals surface area contributed by atoms with Crippen molar-refractivity contribution in [1.29, 1.82) is 0 Å². The van der Waals surface area contributed by atoms with E-state index in [0.29, 0.717) is 11.3 Å². The predicted molar refractivity (Wildman–Crippen MR) is 90.9 cm³/mol. The maximum atomic E-state index is 12.5. The van der Waals surface area contributed by atoms with Gasteiger partial charge in [0.15, 0.2) is 0 Å². The molecule has 1 heterocycles. The van der Waals surface area contributed by atoms with Crippen molar-refractivity contribution in [2.45, 2.75) is 13.8 Å². The third-order valence-electron chi connectivity index (χ3n) is 4.27. The Hall–Kier alpha value is -3.48. The van der Waals surface area contributed by atoms with Crippen LogP contribution in [0.5, 0.6) is 0 Å². The number of nitrogens with one attached hydrogen (secondary N) is 1. The normalized spacial score (nSPS) is 12.9. The summed E-state index contributed by atoms with van der Waals surface area (Å²) in [5, 5.41) is 13.6. The van der Waals surface area contributed by atoms with Crippen LogP contribution in [0.2, 0.25) is 0 Å². The Bertz CT molecular complexity index is 964. The van der Waals surface area contributed by atoms with Crippen molar-refractivity contribution in [1.82, 2.24) is 4.90 Å². The van der Waals surface area contributed by atoms with Crippen LogP contribution in [0.1, 0.15) is 53.9 Å². The average molecular weight is 351 g/mol. The number of carboxylic acids is 1. The molecular weight excluding hydrogens is 336 g/mol. The molecule has 1 aliphatic rings. The van der Waals surface area contributed by atoms with Crippen LogP contribution in [0.15, 0.2) is 36.4 Å². The molecule has 0 aliphatic carbocycles. The Morgan fingerprint density at radius 2 is 1.65 bits per heavy atom. The lowest BCUT2D eigenvalue weighted by molar-refractivity contribution is -0.255. The van der Waals surface area contributed by atoms with E-state index in [9.17, 15) is 24.3 Å². The first kappa shape index (κ1) is 17.3. The number of amides is 3. The molecule has 0 spiro atoms. The molecule has 0 fully saturated rings. The molecule has 2 aromatic carbocycles. The zero-order valence-corrected chi connectivity index (χ0v) is 14.2. The number of carbonyl (C=O) groups is 4. The highest BCUT2D eigenvalue weighted by molar-refractivity contribution is 6.22. The van der Waals surface area contributed by atoms with Crippen molar-refractivity contribution in [3.05, 3.63) is 64.2 Å². The number of fused-ring (bicyclic) bond motifs is 1. The Morgan fingerprint density at radius 3 is 2.31 bits per heavy atom. The maximum absolute atomic E-state index is 12.5. The summed E-state index contributed by atoms with van der Waals surface area (Å²) in [6.07, 6.45) is 0. The third kappa shape index (κ3) is 2.83. The third-order valence-corrected chi connectivity index (χ3v) is 4.27. The lowest BCUT2D eigenvalue weighted by Crippen LogP contribution is -2.29. The number of hydrogen-bond donors (Lipinski definition) is 1. The van der Waals surface area contributed by atoms with Crippen LogP contribution in [0.25, 0.3) is 0 Å². The van der Waals surface area contributed by atoms with Crippen LogP contribution in [0.4, 0.5) is 5.69 Å². The maximum Gasteiger partial charge on any atom is 0.261 e. The first-order valence-corrected chi connectivity index (χ1v) is 7.97. The number of aryl methyl sites for hydroxylation is 1. The first-order valence-electron chi connectivity index (χ1n) is 7.97. The van der Waals surface area contributed by atoms with Gasteiger partial charge in [-0.2, -0.15) is 0 Å². The molecule has 0 aromatic heterocycles. The minimum atomic E-state index is -1.35. The summed E-state index contributed by atoms with van der Waals surface area (Å²) in [6, 6.07) is 8.53. The number of rotatable bonds is 4. The molecule has 132 valence electrons. The number of hydrogen-bond acceptors (Lipinski definition) is 5. The Balaban J connectivity index is 1.90. The lowest BCUT2D eigenvalue weighted by atomic mass is 10.0. The van der Waals surface area contributed by atoms with Gasteiger partial charge in [-0.05, 0) is 49.2 Å². The van der Waals surface area contributed by atoms with Crippen molar-refractivity contribution in [3.63, 3.8) is 0 Å². The molecule has 0 atom stereocenters. The molecule has 3 rings (SSSR count). The molecule has 0 radical (unpaired) electrons. The molecule has 2 aromatic rings. The minimum Gasteiger partial charge on any atom is -0.545 e. The molecule has 3 amide bonds. The van der Waals surface area contributed by atoms with Gasteiger partial charge >= 0.3 is 0 Å². The SMILES string of the molecule is CCN1C(=O)c2ccc(C(=O)Nc3cc(C(=O)[O-])ccc3C)cc2C1=O. The first-order chi connectivity index (χ1) is 12.3. The fraction of sp³-hybridized carbons (Fsp3) is 0.158. The van der Waals surface area contributed by atoms with Crippen LogP contribution < -0.4 is 10.4 Å². The number of imide groups is 1. The summed E-state index contributed by atoms with van der Waals surface area (Å²) < 4.78 is 0. The standard InChI is InChI=1S/C19H16N2O5/c1-3-21-17(23)13-7-6-11(8-14(13)18(21)24)16(22)20-15-9-12(19(25)26)5-4-10(15)2/h4-9H,3H2,1-2H3,(H,20,22)(H,25,26)/p-1. The quantitative estimate of drug-likeness (QED) is 0.834. The zero-order valence-electron chi connectivity index (χ0n) is 14.2. The smallest absolute Gasteiger partial charge is 0.261 e. The number of aromatic carboxylic acids is 1. The molecule has 7 heteroatoms. The highest BCUT2D eigenvalue weighted by Gasteiger charge is 2.34. The molecule has 1 N–H and O–H groups in total. The van der Waals surface area contributed by atoms with E-state index in [2.05, 4.69) is 5.32 Å². The van der Waals surface area contributed by atoms with Crippen LogP contribution in [0.3, 0.4) is 0 Å². The highest BCUT2D eigenvalue weighted by Crippen LogP contribution is 2.24. The van der Waals surface area contributed by atoms with Gasteiger partial charge in [0.25, 0.3) is 17.7 Å². The molecule has 0 bridgehead atoms. The Labute approximate surface area is 149 Å². The van der Waals surface area contributed by atoms with E-state index in [-0.39, 0.29) is 34.7 Å². The number of nitrogens with zero attached hydrogens (tertiary/aromatic N) is 1. The number of anilines is 1. The van der Waals surface area contributed by atoms with Gasteiger partial charge in [-0.15, -0.1) is 0 Å². The van der Waals surface area contributed by atoms with Gasteiger partial charge in [-0.1, -0.05) is 12.1 Å². The molecule has 26 heavy (non-hydrogen) atoms. The van der Waals surface area contributed by atoms with Gasteiger partial charge in [0.2, 0.25) is 0 Å². The average Bonchev–Trinajstić information content (AvgIpc) is 2.86. The topological polar surface area (TPSA) is 107 Å². The van der Waals surface area contributed by atoms with E-state index in [0.717, 1.165) is 4.90 Å². The fourth-order valence-corrected chi connectivity index (χ4v) is 2.80. The van der Waals surface area contributed by atoms with E-state index in [1.54, 1.807) is 19.9 Å². The van der Waals surface area contributed by atoms with Gasteiger partial charge < -0.3 is 15.2 Å². The predicted octanol–water partition coefficient (Wildman–Crippen LogP) is 1.23. The van der Waals surface area contributed by atoms with E-state index < -0.39 is 17.8 Å². The molecule has 0 unspecified atom stereocenters. The van der Waals surface area contributed by atoms with E-state index in [4.69, 9.17) is 0 Å². The van der Waals surface area contributed by atoms with Crippen LogP contribution in [0, 0.1) is 6.92 Å². The summed E-state index contributed by atoms with van der Waals surface area (Å²) in [7, 11) is 0. The van der Waals surface area contributed by atoms with Gasteiger partial charge in [0, 0.05) is 17.8 Å². The zero-order chi connectivity index (χ0) is 19.0. The number of benzene rings is 2. The Morgan fingerprint density at radius 1 is 1.00 bits per heavy atom. The summed E-state index contributed by atoms with van der Waals surface area (Å²) >= 11 is 0.